The van der Waals surface area contributed by atoms with E-state index in [0.29, 0.717) is 11.3 Å². The maximum Gasteiger partial charge on any atom is 0.341 e. The van der Waals surface area contributed by atoms with E-state index in [1.165, 1.54) is 29.1 Å². The molecular formula is C13H14FN3O3. The smallest absolute Gasteiger partial charge is 0.341 e. The van der Waals surface area contributed by atoms with E-state index in [1.807, 2.05) is 0 Å². The predicted octanol–water partition coefficient (Wildman–Crippen LogP) is 1.71. The Bertz CT molecular complexity index is 613. The van der Waals surface area contributed by atoms with E-state index >= 15 is 0 Å². The van der Waals surface area contributed by atoms with Crippen molar-refractivity contribution in [1.29, 1.82) is 0 Å². The van der Waals surface area contributed by atoms with Crippen molar-refractivity contribution in [2.75, 3.05) is 6.61 Å². The minimum absolute atomic E-state index is 0.0428. The quantitative estimate of drug-likeness (QED) is 0.615. The van der Waals surface area contributed by atoms with E-state index < -0.39 is 11.9 Å². The maximum atomic E-state index is 12.9. The summed E-state index contributed by atoms with van der Waals surface area (Å²) in [6.07, 6.45) is 1.41. The number of halogens is 1. The molecule has 2 aromatic rings. The fraction of sp³-hybridized carbons (Fsp3) is 0.308. The zero-order valence-electron chi connectivity index (χ0n) is 11.2. The number of esters is 1. The number of carbonyl (C=O) groups is 1. The summed E-state index contributed by atoms with van der Waals surface area (Å²) < 4.78 is 24.7. The molecule has 0 aliphatic rings. The molecule has 0 aromatic carbocycles. The number of hydrogen-bond acceptors (Lipinski definition) is 5. The van der Waals surface area contributed by atoms with Gasteiger partial charge in [0.1, 0.15) is 12.2 Å². The van der Waals surface area contributed by atoms with Gasteiger partial charge in [0.05, 0.1) is 18.5 Å². The van der Waals surface area contributed by atoms with E-state index in [1.54, 1.807) is 14.0 Å². The number of hydrogen-bond donors (Lipinski definition) is 0. The molecule has 0 spiro atoms. The van der Waals surface area contributed by atoms with E-state index in [0.717, 1.165) is 0 Å². The molecule has 6 nitrogen and oxygen atoms in total. The zero-order chi connectivity index (χ0) is 14.5. The van der Waals surface area contributed by atoms with Crippen LogP contribution in [0.25, 0.3) is 0 Å². The SMILES string of the molecule is CCOC(=O)c1cnn(C)c1COc1cccc(F)n1. The second kappa shape index (κ2) is 6.14. The molecule has 0 unspecified atom stereocenters. The fourth-order valence-corrected chi connectivity index (χ4v) is 1.63. The molecule has 20 heavy (non-hydrogen) atoms. The van der Waals surface area contributed by atoms with Crippen LogP contribution in [0.2, 0.25) is 0 Å². The van der Waals surface area contributed by atoms with Crippen LogP contribution in [0.15, 0.2) is 24.4 Å². The van der Waals surface area contributed by atoms with E-state index in [9.17, 15) is 9.18 Å². The molecular weight excluding hydrogens is 265 g/mol. The highest BCUT2D eigenvalue weighted by atomic mass is 19.1. The van der Waals surface area contributed by atoms with Crippen LogP contribution in [0.1, 0.15) is 23.0 Å². The molecule has 0 saturated carbocycles. The summed E-state index contributed by atoms with van der Waals surface area (Å²) in [4.78, 5) is 15.3. The summed E-state index contributed by atoms with van der Waals surface area (Å²) in [6.45, 7) is 2.04. The van der Waals surface area contributed by atoms with Crippen molar-refractivity contribution in [3.05, 3.63) is 41.6 Å². The van der Waals surface area contributed by atoms with Gasteiger partial charge in [0.25, 0.3) is 0 Å². The molecule has 0 N–H and O–H groups in total. The van der Waals surface area contributed by atoms with Gasteiger partial charge < -0.3 is 9.47 Å². The molecule has 2 aromatic heterocycles. The number of aromatic nitrogens is 3. The first-order valence-corrected chi connectivity index (χ1v) is 6.05. The number of rotatable bonds is 5. The van der Waals surface area contributed by atoms with Gasteiger partial charge in [-0.3, -0.25) is 4.68 Å². The van der Waals surface area contributed by atoms with E-state index in [4.69, 9.17) is 9.47 Å². The molecule has 0 saturated heterocycles. The Hall–Kier alpha value is -2.44. The third kappa shape index (κ3) is 3.11. The van der Waals surface area contributed by atoms with E-state index in [2.05, 4.69) is 10.1 Å². The highest BCUT2D eigenvalue weighted by molar-refractivity contribution is 5.90. The topological polar surface area (TPSA) is 66.2 Å². The van der Waals surface area contributed by atoms with Crippen LogP contribution in [-0.4, -0.2) is 27.3 Å². The lowest BCUT2D eigenvalue weighted by Gasteiger charge is -2.07. The first-order valence-electron chi connectivity index (χ1n) is 6.05. The van der Waals surface area contributed by atoms with Crippen molar-refractivity contribution in [2.24, 2.45) is 7.05 Å². The molecule has 0 aliphatic carbocycles. The second-order valence-electron chi connectivity index (χ2n) is 3.94. The van der Waals surface area contributed by atoms with Crippen LogP contribution in [-0.2, 0) is 18.4 Å². The first kappa shape index (κ1) is 14.0. The Morgan fingerprint density at radius 1 is 1.45 bits per heavy atom. The minimum atomic E-state index is -0.627. The molecule has 0 radical (unpaired) electrons. The van der Waals surface area contributed by atoms with Crippen LogP contribution in [0.3, 0.4) is 0 Å². The third-order valence-corrected chi connectivity index (χ3v) is 2.60. The van der Waals surface area contributed by atoms with Crippen LogP contribution >= 0.6 is 0 Å². The van der Waals surface area contributed by atoms with Crippen LogP contribution in [0.5, 0.6) is 5.88 Å². The number of ether oxygens (including phenoxy) is 2. The Balaban J connectivity index is 2.13. The van der Waals surface area contributed by atoms with Crippen molar-refractivity contribution < 1.29 is 18.7 Å². The van der Waals surface area contributed by atoms with E-state index in [-0.39, 0.29) is 19.1 Å². The molecule has 0 bridgehead atoms. The van der Waals surface area contributed by atoms with Gasteiger partial charge in [-0.15, -0.1) is 0 Å². The first-order chi connectivity index (χ1) is 9.61. The molecule has 0 amide bonds. The fourth-order valence-electron chi connectivity index (χ4n) is 1.63. The molecule has 2 rings (SSSR count). The molecule has 7 heteroatoms. The van der Waals surface area contributed by atoms with Crippen molar-refractivity contribution in [3.8, 4) is 5.88 Å². The van der Waals surface area contributed by atoms with Crippen LogP contribution in [0, 0.1) is 5.95 Å². The summed E-state index contributed by atoms with van der Waals surface area (Å²) in [7, 11) is 1.68. The highest BCUT2D eigenvalue weighted by Gasteiger charge is 2.17. The third-order valence-electron chi connectivity index (χ3n) is 2.60. The number of pyridine rings is 1. The van der Waals surface area contributed by atoms with Crippen LogP contribution < -0.4 is 4.74 Å². The average Bonchev–Trinajstić information content (AvgIpc) is 2.78. The van der Waals surface area contributed by atoms with Gasteiger partial charge in [-0.05, 0) is 13.0 Å². The van der Waals surface area contributed by atoms with Crippen molar-refractivity contribution in [2.45, 2.75) is 13.5 Å². The summed E-state index contributed by atoms with van der Waals surface area (Å²) in [5.74, 6) is -0.953. The Kier molecular flexibility index (Phi) is 4.29. The Labute approximate surface area is 115 Å². The molecule has 0 aliphatic heterocycles. The van der Waals surface area contributed by atoms with Gasteiger partial charge >= 0.3 is 5.97 Å². The predicted molar refractivity (Wildman–Crippen MR) is 67.7 cm³/mol. The number of carbonyl (C=O) groups excluding carboxylic acids is 1. The van der Waals surface area contributed by atoms with Gasteiger partial charge in [-0.1, -0.05) is 6.07 Å². The molecule has 106 valence electrons. The number of aryl methyl sites for hydroxylation is 1. The molecule has 2 heterocycles. The zero-order valence-corrected chi connectivity index (χ0v) is 11.2. The second-order valence-corrected chi connectivity index (χ2v) is 3.94. The largest absolute Gasteiger partial charge is 0.471 e. The minimum Gasteiger partial charge on any atom is -0.471 e. The van der Waals surface area contributed by atoms with Gasteiger partial charge in [-0.25, -0.2) is 4.79 Å². The van der Waals surface area contributed by atoms with Gasteiger partial charge in [0.2, 0.25) is 11.8 Å². The summed E-state index contributed by atoms with van der Waals surface area (Å²) >= 11 is 0. The maximum absolute atomic E-state index is 12.9. The Morgan fingerprint density at radius 3 is 2.95 bits per heavy atom. The summed E-state index contributed by atoms with van der Waals surface area (Å²) in [5.41, 5.74) is 0.861. The van der Waals surface area contributed by atoms with Gasteiger partial charge in [0.15, 0.2) is 0 Å². The lowest BCUT2D eigenvalue weighted by atomic mass is 10.2. The summed E-state index contributed by atoms with van der Waals surface area (Å²) in [5, 5.41) is 3.99. The monoisotopic (exact) mass is 279 g/mol. The standard InChI is InChI=1S/C13H14FN3O3/c1-3-19-13(18)9-7-15-17(2)10(9)8-20-12-6-4-5-11(14)16-12/h4-7H,3,8H2,1-2H3. The highest BCUT2D eigenvalue weighted by Crippen LogP contribution is 2.14. The lowest BCUT2D eigenvalue weighted by molar-refractivity contribution is 0.0523. The molecule has 0 fully saturated rings. The van der Waals surface area contributed by atoms with Crippen molar-refractivity contribution in [3.63, 3.8) is 0 Å². The number of nitrogens with zero attached hydrogens (tertiary/aromatic N) is 3. The molecule has 0 atom stereocenters. The van der Waals surface area contributed by atoms with Crippen molar-refractivity contribution in [1.82, 2.24) is 14.8 Å². The average molecular weight is 279 g/mol. The summed E-state index contributed by atoms with van der Waals surface area (Å²) in [6, 6.07) is 4.25. The van der Waals surface area contributed by atoms with Crippen molar-refractivity contribution >= 4 is 5.97 Å². The van der Waals surface area contributed by atoms with Crippen LogP contribution in [0.4, 0.5) is 4.39 Å². The van der Waals surface area contributed by atoms with Gasteiger partial charge in [0, 0.05) is 13.1 Å². The Morgan fingerprint density at radius 2 is 2.25 bits per heavy atom. The lowest BCUT2D eigenvalue weighted by Crippen LogP contribution is -2.11. The van der Waals surface area contributed by atoms with Gasteiger partial charge in [-0.2, -0.15) is 14.5 Å². The normalized spacial score (nSPS) is 10.3.